The lowest BCUT2D eigenvalue weighted by molar-refractivity contribution is -0.192. The Kier molecular flexibility index (Phi) is 9.31. The smallest absolute Gasteiger partial charge is 0.475 e. The third-order valence-electron chi connectivity index (χ3n) is 7.20. The molecule has 0 bridgehead atoms. The molecule has 238 valence electrons. The van der Waals surface area contributed by atoms with Crippen molar-refractivity contribution in [3.8, 4) is 11.3 Å². The van der Waals surface area contributed by atoms with Gasteiger partial charge in [-0.15, -0.1) is 0 Å². The number of nitrogens with one attached hydrogen (secondary N) is 1. The van der Waals surface area contributed by atoms with Crippen LogP contribution in [0.1, 0.15) is 40.5 Å². The van der Waals surface area contributed by atoms with Gasteiger partial charge in [-0.1, -0.05) is 0 Å². The van der Waals surface area contributed by atoms with Crippen molar-refractivity contribution in [3.63, 3.8) is 0 Å². The van der Waals surface area contributed by atoms with Crippen molar-refractivity contribution in [2.75, 3.05) is 36.8 Å². The van der Waals surface area contributed by atoms with Crippen LogP contribution in [0.2, 0.25) is 0 Å². The fourth-order valence-electron chi connectivity index (χ4n) is 4.91. The van der Waals surface area contributed by atoms with Gasteiger partial charge in [0.25, 0.3) is 5.91 Å². The standard InChI is InChI=1S/C24H26F4N8O.C2HF3O2/c25-17-2-1-15(7-16(17)24(26,27)28)18-11-36(10-13-8-31-9-13)22(34-18)14-3-5-35(6-4-14)23-19(21(30)37)20(29)32-12-33-23;3-2(4,5)1(6)7/h1-2,7,11-14,31H,3-6,8-10H2,(H2,30,37)(H2,29,32,33);(H,6,7). The zero-order valence-corrected chi connectivity index (χ0v) is 22.8. The molecule has 2 aromatic heterocycles. The van der Waals surface area contributed by atoms with Crippen LogP contribution in [0.5, 0.6) is 0 Å². The van der Waals surface area contributed by atoms with Crippen molar-refractivity contribution in [1.29, 1.82) is 0 Å². The lowest BCUT2D eigenvalue weighted by atomic mass is 9.95. The van der Waals surface area contributed by atoms with Crippen LogP contribution < -0.4 is 21.7 Å². The highest BCUT2D eigenvalue weighted by molar-refractivity contribution is 6.01. The van der Waals surface area contributed by atoms with Crippen LogP contribution in [-0.4, -0.2) is 68.9 Å². The van der Waals surface area contributed by atoms with Crippen LogP contribution in [0.3, 0.4) is 0 Å². The minimum absolute atomic E-state index is 0.0199. The molecule has 2 aliphatic rings. The summed E-state index contributed by atoms with van der Waals surface area (Å²) in [6, 6.07) is 2.96. The Morgan fingerprint density at radius 3 is 2.23 bits per heavy atom. The first-order valence-corrected chi connectivity index (χ1v) is 13.2. The molecule has 2 fully saturated rings. The summed E-state index contributed by atoms with van der Waals surface area (Å²) in [4.78, 5) is 35.6. The average molecular weight is 633 g/mol. The van der Waals surface area contributed by atoms with Gasteiger partial charge < -0.3 is 31.4 Å². The van der Waals surface area contributed by atoms with Crippen LogP contribution >= 0.6 is 0 Å². The van der Waals surface area contributed by atoms with Crippen molar-refractivity contribution < 1.29 is 45.4 Å². The van der Waals surface area contributed by atoms with E-state index in [-0.39, 0.29) is 22.9 Å². The number of nitrogens with two attached hydrogens (primary N) is 2. The second-order valence-corrected chi connectivity index (χ2v) is 10.2. The van der Waals surface area contributed by atoms with Crippen LogP contribution in [0.25, 0.3) is 11.3 Å². The number of aliphatic carboxylic acids is 1. The Morgan fingerprint density at radius 1 is 1.07 bits per heavy atom. The predicted octanol–water partition coefficient (Wildman–Crippen LogP) is 3.42. The third kappa shape index (κ3) is 7.35. The number of imidazole rings is 1. The summed E-state index contributed by atoms with van der Waals surface area (Å²) in [7, 11) is 0. The van der Waals surface area contributed by atoms with Crippen molar-refractivity contribution in [2.45, 2.75) is 37.7 Å². The Labute approximate surface area is 245 Å². The average Bonchev–Trinajstić information content (AvgIpc) is 3.34. The molecule has 44 heavy (non-hydrogen) atoms. The van der Waals surface area contributed by atoms with E-state index in [4.69, 9.17) is 26.4 Å². The van der Waals surface area contributed by atoms with E-state index in [1.807, 2.05) is 9.47 Å². The van der Waals surface area contributed by atoms with Crippen LogP contribution in [0.4, 0.5) is 42.4 Å². The molecule has 0 saturated carbocycles. The first kappa shape index (κ1) is 32.4. The number of alkyl halides is 6. The SMILES string of the molecule is NC(=O)c1c(N)ncnc1N1CCC(c2nc(-c3ccc(F)c(C(F)(F)F)c3)cn2CC2CNC2)CC1.O=C(O)C(F)(F)F. The molecule has 0 spiro atoms. The molecule has 3 aromatic rings. The van der Waals surface area contributed by atoms with Crippen molar-refractivity contribution in [1.82, 2.24) is 24.8 Å². The molecule has 18 heteroatoms. The largest absolute Gasteiger partial charge is 0.490 e. The van der Waals surface area contributed by atoms with Gasteiger partial charge in [-0.3, -0.25) is 4.79 Å². The first-order valence-electron chi connectivity index (χ1n) is 13.2. The minimum Gasteiger partial charge on any atom is -0.475 e. The molecule has 2 aliphatic heterocycles. The number of rotatable bonds is 6. The molecule has 6 N–H and O–H groups in total. The van der Waals surface area contributed by atoms with Gasteiger partial charge >= 0.3 is 18.3 Å². The van der Waals surface area contributed by atoms with E-state index in [9.17, 15) is 35.5 Å². The van der Waals surface area contributed by atoms with Crippen LogP contribution in [0, 0.1) is 11.7 Å². The molecule has 0 aliphatic carbocycles. The number of halogens is 7. The van der Waals surface area contributed by atoms with E-state index in [2.05, 4.69) is 15.3 Å². The number of anilines is 2. The summed E-state index contributed by atoms with van der Waals surface area (Å²) < 4.78 is 87.5. The lowest BCUT2D eigenvalue weighted by Crippen LogP contribution is -2.44. The molecule has 5 rings (SSSR count). The van der Waals surface area contributed by atoms with Gasteiger partial charge in [0.05, 0.1) is 11.3 Å². The summed E-state index contributed by atoms with van der Waals surface area (Å²) in [5.41, 5.74) is 10.7. The Hall–Kier alpha value is -4.48. The molecule has 1 amide bonds. The molecule has 11 nitrogen and oxygen atoms in total. The molecule has 0 atom stereocenters. The molecule has 4 heterocycles. The number of nitrogens with zero attached hydrogens (tertiary/aromatic N) is 5. The zero-order valence-electron chi connectivity index (χ0n) is 22.8. The van der Waals surface area contributed by atoms with E-state index in [0.29, 0.717) is 49.9 Å². The minimum atomic E-state index is -5.08. The number of amides is 1. The lowest BCUT2D eigenvalue weighted by Gasteiger charge is -2.34. The number of aromatic nitrogens is 4. The van der Waals surface area contributed by atoms with E-state index in [0.717, 1.165) is 31.0 Å². The van der Waals surface area contributed by atoms with Gasteiger partial charge in [0.2, 0.25) is 0 Å². The molecule has 1 aromatic carbocycles. The number of hydrogen-bond acceptors (Lipinski definition) is 8. The molecular weight excluding hydrogens is 605 g/mol. The fraction of sp³-hybridized carbons (Fsp3) is 0.423. The number of hydrogen-bond donors (Lipinski definition) is 4. The van der Waals surface area contributed by atoms with Gasteiger partial charge in [0.15, 0.2) is 0 Å². The van der Waals surface area contributed by atoms with Gasteiger partial charge in [0.1, 0.15) is 35.2 Å². The highest BCUT2D eigenvalue weighted by Gasteiger charge is 2.38. The predicted molar refractivity (Wildman–Crippen MR) is 142 cm³/mol. The topological polar surface area (TPSA) is 165 Å². The van der Waals surface area contributed by atoms with Gasteiger partial charge in [-0.2, -0.15) is 26.3 Å². The zero-order chi connectivity index (χ0) is 32.4. The molecular formula is C26H27F7N8O3. The number of carboxylic acid groups (broad SMARTS) is 1. The van der Waals surface area contributed by atoms with E-state index in [1.54, 1.807) is 6.20 Å². The van der Waals surface area contributed by atoms with Gasteiger partial charge in [-0.25, -0.2) is 24.1 Å². The number of primary amides is 1. The summed E-state index contributed by atoms with van der Waals surface area (Å²) in [5, 5.41) is 10.4. The number of carbonyl (C=O) groups is 2. The summed E-state index contributed by atoms with van der Waals surface area (Å²) in [5.74, 6) is -3.19. The van der Waals surface area contributed by atoms with Crippen LogP contribution in [-0.2, 0) is 17.5 Å². The molecule has 0 radical (unpaired) electrons. The Balaban J connectivity index is 0.000000566. The number of carboxylic acids is 1. The highest BCUT2D eigenvalue weighted by Crippen LogP contribution is 2.36. The quantitative estimate of drug-likeness (QED) is 0.298. The van der Waals surface area contributed by atoms with Gasteiger partial charge in [-0.05, 0) is 31.0 Å². The van der Waals surface area contributed by atoms with Crippen molar-refractivity contribution >= 4 is 23.5 Å². The van der Waals surface area contributed by atoms with Crippen molar-refractivity contribution in [2.24, 2.45) is 11.7 Å². The Bertz CT molecular complexity index is 1510. The summed E-state index contributed by atoms with van der Waals surface area (Å²) in [6.07, 6.45) is -5.52. The third-order valence-corrected chi connectivity index (χ3v) is 7.20. The van der Waals surface area contributed by atoms with Gasteiger partial charge in [0, 0.05) is 56.3 Å². The molecule has 0 unspecified atom stereocenters. The maximum atomic E-state index is 13.9. The van der Waals surface area contributed by atoms with Crippen molar-refractivity contribution in [3.05, 3.63) is 53.5 Å². The Morgan fingerprint density at radius 2 is 1.70 bits per heavy atom. The maximum Gasteiger partial charge on any atom is 0.490 e. The number of benzene rings is 1. The number of piperidine rings is 1. The second kappa shape index (κ2) is 12.6. The monoisotopic (exact) mass is 632 g/mol. The number of nitrogen functional groups attached to an aromatic ring is 1. The maximum absolute atomic E-state index is 13.9. The normalized spacial score (nSPS) is 16.2. The van der Waals surface area contributed by atoms with E-state index in [1.165, 1.54) is 12.4 Å². The van der Waals surface area contributed by atoms with E-state index < -0.39 is 35.6 Å². The van der Waals surface area contributed by atoms with Crippen LogP contribution in [0.15, 0.2) is 30.7 Å². The highest BCUT2D eigenvalue weighted by atomic mass is 19.4. The first-order chi connectivity index (χ1) is 20.6. The molecule has 2 saturated heterocycles. The van der Waals surface area contributed by atoms with E-state index >= 15 is 0 Å². The fourth-order valence-corrected chi connectivity index (χ4v) is 4.91. The second-order valence-electron chi connectivity index (χ2n) is 10.2. The summed E-state index contributed by atoms with van der Waals surface area (Å²) >= 11 is 0. The number of carbonyl (C=O) groups excluding carboxylic acids is 1. The summed E-state index contributed by atoms with van der Waals surface area (Å²) in [6.45, 7) is 3.47.